The van der Waals surface area contributed by atoms with E-state index in [-0.39, 0.29) is 12.0 Å². The van der Waals surface area contributed by atoms with Gasteiger partial charge in [0.2, 0.25) is 0 Å². The van der Waals surface area contributed by atoms with Crippen molar-refractivity contribution in [3.8, 4) is 11.5 Å². The molecule has 2 rings (SSSR count). The average molecular weight is 355 g/mol. The van der Waals surface area contributed by atoms with Crippen LogP contribution in [0.5, 0.6) is 11.5 Å². The minimum Gasteiger partial charge on any atom is -0.491 e. The van der Waals surface area contributed by atoms with Gasteiger partial charge in [0, 0.05) is 6.54 Å². The van der Waals surface area contributed by atoms with Crippen molar-refractivity contribution in [1.29, 1.82) is 0 Å². The summed E-state index contributed by atoms with van der Waals surface area (Å²) in [4.78, 5) is 12.4. The van der Waals surface area contributed by atoms with Gasteiger partial charge in [0.25, 0.3) is 5.91 Å². The molecule has 0 spiro atoms. The van der Waals surface area contributed by atoms with E-state index in [0.29, 0.717) is 6.54 Å². The van der Waals surface area contributed by atoms with Gasteiger partial charge in [-0.15, -0.1) is 0 Å². The molecule has 2 aromatic rings. The van der Waals surface area contributed by atoms with Gasteiger partial charge in [-0.25, -0.2) is 0 Å². The lowest BCUT2D eigenvalue weighted by Crippen LogP contribution is -2.36. The Balaban J connectivity index is 1.91. The summed E-state index contributed by atoms with van der Waals surface area (Å²) < 4.78 is 11.5. The Hall–Kier alpha value is -2.49. The standard InChI is InChI=1S/C22H29NO3/c1-14(2)25-20-9-7-19(8-10-20)13-23-22(24)18(6)26-21-12-15(3)11-16(4)17(21)5/h7-12,14,18H,13H2,1-6H3,(H,23,24)/t18-/m0/s1. The Morgan fingerprint density at radius 1 is 1.00 bits per heavy atom. The van der Waals surface area contributed by atoms with Crippen LogP contribution in [0.1, 0.15) is 43.0 Å². The molecule has 1 amide bonds. The number of aryl methyl sites for hydroxylation is 2. The Bertz CT molecular complexity index is 751. The Morgan fingerprint density at radius 2 is 1.65 bits per heavy atom. The van der Waals surface area contributed by atoms with Gasteiger partial charge in [0.15, 0.2) is 6.10 Å². The summed E-state index contributed by atoms with van der Waals surface area (Å²) in [5, 5.41) is 2.92. The van der Waals surface area contributed by atoms with Gasteiger partial charge in [-0.3, -0.25) is 4.79 Å². The van der Waals surface area contributed by atoms with Crippen molar-refractivity contribution in [3.05, 3.63) is 58.7 Å². The largest absolute Gasteiger partial charge is 0.491 e. The molecule has 4 heteroatoms. The molecule has 0 fully saturated rings. The number of carbonyl (C=O) groups is 1. The lowest BCUT2D eigenvalue weighted by Gasteiger charge is -2.18. The zero-order valence-corrected chi connectivity index (χ0v) is 16.6. The van der Waals surface area contributed by atoms with Gasteiger partial charge >= 0.3 is 0 Å². The molecule has 0 aliphatic heterocycles. The predicted octanol–water partition coefficient (Wildman–Crippen LogP) is 4.48. The second-order valence-corrected chi connectivity index (χ2v) is 6.99. The fourth-order valence-corrected chi connectivity index (χ4v) is 2.66. The van der Waals surface area contributed by atoms with Gasteiger partial charge in [0.1, 0.15) is 11.5 Å². The molecular weight excluding hydrogens is 326 g/mol. The van der Waals surface area contributed by atoms with Crippen molar-refractivity contribution >= 4 is 5.91 Å². The number of carbonyl (C=O) groups excluding carboxylic acids is 1. The highest BCUT2D eigenvalue weighted by Gasteiger charge is 2.16. The number of nitrogens with one attached hydrogen (secondary N) is 1. The maximum absolute atomic E-state index is 12.4. The quantitative estimate of drug-likeness (QED) is 0.796. The zero-order valence-electron chi connectivity index (χ0n) is 16.6. The molecule has 0 radical (unpaired) electrons. The number of hydrogen-bond acceptors (Lipinski definition) is 3. The molecule has 140 valence electrons. The molecule has 0 saturated carbocycles. The summed E-state index contributed by atoms with van der Waals surface area (Å²) in [6.07, 6.45) is -0.411. The van der Waals surface area contributed by atoms with Crippen LogP contribution in [0.4, 0.5) is 0 Å². The molecule has 0 unspecified atom stereocenters. The van der Waals surface area contributed by atoms with E-state index in [4.69, 9.17) is 9.47 Å². The summed E-state index contributed by atoms with van der Waals surface area (Å²) in [5.74, 6) is 1.46. The fourth-order valence-electron chi connectivity index (χ4n) is 2.66. The molecule has 26 heavy (non-hydrogen) atoms. The second kappa shape index (κ2) is 8.75. The fraction of sp³-hybridized carbons (Fsp3) is 0.409. The van der Waals surface area contributed by atoms with E-state index in [2.05, 4.69) is 11.4 Å². The molecule has 1 N–H and O–H groups in total. The summed E-state index contributed by atoms with van der Waals surface area (Å²) in [6.45, 7) is 12.3. The van der Waals surface area contributed by atoms with Crippen molar-refractivity contribution in [2.75, 3.05) is 0 Å². The maximum Gasteiger partial charge on any atom is 0.261 e. The smallest absolute Gasteiger partial charge is 0.261 e. The highest BCUT2D eigenvalue weighted by molar-refractivity contribution is 5.80. The third-order valence-electron chi connectivity index (χ3n) is 4.20. The van der Waals surface area contributed by atoms with E-state index in [9.17, 15) is 4.79 Å². The average Bonchev–Trinajstić information content (AvgIpc) is 2.57. The number of rotatable bonds is 7. The first kappa shape index (κ1) is 19.8. The predicted molar refractivity (Wildman–Crippen MR) is 105 cm³/mol. The van der Waals surface area contributed by atoms with Crippen LogP contribution in [-0.4, -0.2) is 18.1 Å². The van der Waals surface area contributed by atoms with Crippen LogP contribution in [0.2, 0.25) is 0 Å². The van der Waals surface area contributed by atoms with Crippen molar-refractivity contribution in [1.82, 2.24) is 5.32 Å². The first-order chi connectivity index (χ1) is 12.3. The van der Waals surface area contributed by atoms with Crippen molar-refractivity contribution in [2.24, 2.45) is 0 Å². The van der Waals surface area contributed by atoms with Crippen LogP contribution in [0.15, 0.2) is 36.4 Å². The number of ether oxygens (including phenoxy) is 2. The lowest BCUT2D eigenvalue weighted by molar-refractivity contribution is -0.127. The van der Waals surface area contributed by atoms with E-state index >= 15 is 0 Å². The van der Waals surface area contributed by atoms with Crippen molar-refractivity contribution < 1.29 is 14.3 Å². The monoisotopic (exact) mass is 355 g/mol. The van der Waals surface area contributed by atoms with Crippen LogP contribution < -0.4 is 14.8 Å². The van der Waals surface area contributed by atoms with Gasteiger partial charge in [-0.2, -0.15) is 0 Å². The van der Waals surface area contributed by atoms with Crippen LogP contribution in [0.3, 0.4) is 0 Å². The molecule has 0 heterocycles. The third kappa shape index (κ3) is 5.51. The van der Waals surface area contributed by atoms with Gasteiger partial charge in [-0.05, 0) is 82.0 Å². The van der Waals surface area contributed by atoms with E-state index in [0.717, 1.165) is 33.8 Å². The van der Waals surface area contributed by atoms with E-state index in [1.165, 1.54) is 0 Å². The van der Waals surface area contributed by atoms with Crippen LogP contribution in [-0.2, 0) is 11.3 Å². The van der Waals surface area contributed by atoms with Gasteiger partial charge in [-0.1, -0.05) is 18.2 Å². The van der Waals surface area contributed by atoms with Crippen molar-refractivity contribution in [3.63, 3.8) is 0 Å². The molecule has 0 aliphatic rings. The Kier molecular flexibility index (Phi) is 6.67. The maximum atomic E-state index is 12.4. The zero-order chi connectivity index (χ0) is 19.3. The van der Waals surface area contributed by atoms with Crippen LogP contribution >= 0.6 is 0 Å². The molecule has 2 aromatic carbocycles. The normalized spacial score (nSPS) is 12.0. The van der Waals surface area contributed by atoms with E-state index < -0.39 is 6.10 Å². The van der Waals surface area contributed by atoms with E-state index in [1.54, 1.807) is 6.92 Å². The number of benzene rings is 2. The van der Waals surface area contributed by atoms with Crippen LogP contribution in [0.25, 0.3) is 0 Å². The second-order valence-electron chi connectivity index (χ2n) is 6.99. The van der Waals surface area contributed by atoms with Gasteiger partial charge in [0.05, 0.1) is 6.10 Å². The summed E-state index contributed by atoms with van der Waals surface area (Å²) in [7, 11) is 0. The summed E-state index contributed by atoms with van der Waals surface area (Å²) in [6, 6.07) is 11.8. The van der Waals surface area contributed by atoms with E-state index in [1.807, 2.05) is 65.0 Å². The summed E-state index contributed by atoms with van der Waals surface area (Å²) in [5.41, 5.74) is 4.37. The minimum atomic E-state index is -0.557. The first-order valence-corrected chi connectivity index (χ1v) is 9.04. The highest BCUT2D eigenvalue weighted by Crippen LogP contribution is 2.24. The topological polar surface area (TPSA) is 47.6 Å². The Labute approximate surface area is 156 Å². The SMILES string of the molecule is Cc1cc(C)c(C)c(O[C@@H](C)C(=O)NCc2ccc(OC(C)C)cc2)c1. The summed E-state index contributed by atoms with van der Waals surface area (Å²) >= 11 is 0. The minimum absolute atomic E-state index is 0.133. The van der Waals surface area contributed by atoms with Gasteiger partial charge < -0.3 is 14.8 Å². The third-order valence-corrected chi connectivity index (χ3v) is 4.20. The molecule has 1 atom stereocenters. The molecule has 0 saturated heterocycles. The highest BCUT2D eigenvalue weighted by atomic mass is 16.5. The first-order valence-electron chi connectivity index (χ1n) is 9.04. The van der Waals surface area contributed by atoms with Crippen molar-refractivity contribution in [2.45, 2.75) is 60.3 Å². The Morgan fingerprint density at radius 3 is 2.27 bits per heavy atom. The van der Waals surface area contributed by atoms with Crippen LogP contribution in [0, 0.1) is 20.8 Å². The molecule has 0 aromatic heterocycles. The number of hydrogen-bond donors (Lipinski definition) is 1. The molecule has 0 aliphatic carbocycles. The lowest BCUT2D eigenvalue weighted by atomic mass is 10.1. The molecular formula is C22H29NO3. The number of amides is 1. The molecule has 4 nitrogen and oxygen atoms in total. The molecule has 0 bridgehead atoms.